The fourth-order valence-corrected chi connectivity index (χ4v) is 3.57. The van der Waals surface area contributed by atoms with Crippen LogP contribution in [0.4, 0.5) is 0 Å². The van der Waals surface area contributed by atoms with Gasteiger partial charge in [-0.05, 0) is 12.8 Å². The molecule has 0 aliphatic rings. The van der Waals surface area contributed by atoms with E-state index in [4.69, 9.17) is 14.0 Å². The van der Waals surface area contributed by atoms with Crippen LogP contribution in [0.15, 0.2) is 0 Å². The highest BCUT2D eigenvalue weighted by Gasteiger charge is 2.16. The molecule has 0 amide bonds. The van der Waals surface area contributed by atoms with Gasteiger partial charge in [0.2, 0.25) is 0 Å². The predicted molar refractivity (Wildman–Crippen MR) is 126 cm³/mol. The number of ether oxygens (including phenoxy) is 2. The van der Waals surface area contributed by atoms with Crippen molar-refractivity contribution in [3.8, 4) is 0 Å². The Hall–Kier alpha value is -0.670. The summed E-state index contributed by atoms with van der Waals surface area (Å²) in [6, 6.07) is 0. The van der Waals surface area contributed by atoms with Gasteiger partial charge in [0.1, 0.15) is 6.61 Å². The van der Waals surface area contributed by atoms with Crippen molar-refractivity contribution in [2.45, 2.75) is 129 Å². The molecule has 0 aromatic rings. The van der Waals surface area contributed by atoms with Crippen molar-refractivity contribution in [2.24, 2.45) is 0 Å². The van der Waals surface area contributed by atoms with E-state index in [1.54, 1.807) is 0 Å². The normalized spacial score (nSPS) is 12.0. The van der Waals surface area contributed by atoms with Crippen LogP contribution in [0.3, 0.4) is 0 Å². The first-order valence-electron chi connectivity index (χ1n) is 12.3. The lowest BCUT2D eigenvalue weighted by atomic mass is 10.1. The molecule has 5 nitrogen and oxygen atoms in total. The number of unbranched alkanes of at least 4 members (excludes halogenated alkanes) is 13. The van der Waals surface area contributed by atoms with Crippen molar-refractivity contribution in [1.82, 2.24) is 0 Å². The van der Waals surface area contributed by atoms with Crippen LogP contribution in [0, 0.1) is 0 Å². The van der Waals surface area contributed by atoms with Gasteiger partial charge in [0, 0.05) is 22.3 Å². The molecule has 0 aliphatic heterocycles. The summed E-state index contributed by atoms with van der Waals surface area (Å²) in [6.45, 7) is 4.65. The third-order valence-corrected chi connectivity index (χ3v) is 5.42. The van der Waals surface area contributed by atoms with E-state index in [0.717, 1.165) is 38.5 Å². The largest absolute Gasteiger partial charge is 0.462 e. The van der Waals surface area contributed by atoms with Crippen LogP contribution in [0.5, 0.6) is 0 Å². The first-order valence-corrected chi connectivity index (χ1v) is 12.8. The second-order valence-corrected chi connectivity index (χ2v) is 8.56. The van der Waals surface area contributed by atoms with E-state index in [9.17, 15) is 9.59 Å². The third kappa shape index (κ3) is 20.6. The topological polar surface area (TPSA) is 61.8 Å². The number of carbonyl (C=O) groups excluding carboxylic acids is 2. The van der Waals surface area contributed by atoms with E-state index >= 15 is 0 Å². The highest BCUT2D eigenvalue weighted by Crippen LogP contribution is 2.12. The number of rotatable bonds is 22. The smallest absolute Gasteiger partial charge is 0.306 e. The Kier molecular flexibility index (Phi) is 22.5. The van der Waals surface area contributed by atoms with Gasteiger partial charge < -0.3 is 14.0 Å². The lowest BCUT2D eigenvalue weighted by Crippen LogP contribution is -2.28. The van der Waals surface area contributed by atoms with Gasteiger partial charge >= 0.3 is 11.9 Å². The average Bonchev–Trinajstić information content (AvgIpc) is 2.73. The molecule has 0 radical (unpaired) electrons. The Morgan fingerprint density at radius 3 is 1.57 bits per heavy atom. The molecule has 1 unspecified atom stereocenters. The molecule has 0 heterocycles. The zero-order valence-electron chi connectivity index (χ0n) is 19.6. The Bertz CT molecular complexity index is 403. The molecule has 0 spiro atoms. The van der Waals surface area contributed by atoms with Crippen LogP contribution in [-0.4, -0.2) is 31.3 Å². The molecule has 0 aromatic carbocycles. The van der Waals surface area contributed by atoms with Crippen LogP contribution in [0.25, 0.3) is 0 Å². The molecule has 0 saturated carbocycles. The fraction of sp³-hybridized carbons (Fsp3) is 0.917. The van der Waals surface area contributed by atoms with Crippen molar-refractivity contribution in [1.29, 1.82) is 0 Å². The molecule has 6 heteroatoms. The first kappa shape index (κ1) is 29.3. The molecule has 0 bridgehead atoms. The van der Waals surface area contributed by atoms with E-state index in [1.807, 2.05) is 0 Å². The summed E-state index contributed by atoms with van der Waals surface area (Å²) in [5.74, 6) is -0.474. The Morgan fingerprint density at radius 2 is 1.07 bits per heavy atom. The molecule has 0 saturated heterocycles. The molecule has 0 aliphatic carbocycles. The predicted octanol–water partition coefficient (Wildman–Crippen LogP) is 6.92. The molecule has 0 aromatic heterocycles. The van der Waals surface area contributed by atoms with Gasteiger partial charge in [-0.1, -0.05) is 97.3 Å². The minimum absolute atomic E-state index is 0.0615. The lowest BCUT2D eigenvalue weighted by molar-refractivity contribution is -0.160. The monoisotopic (exact) mass is 446 g/mol. The minimum Gasteiger partial charge on any atom is -0.462 e. The quantitative estimate of drug-likeness (QED) is 0.103. The van der Waals surface area contributed by atoms with E-state index in [-0.39, 0.29) is 25.2 Å². The molecular weight excluding hydrogens is 399 g/mol. The van der Waals surface area contributed by atoms with Crippen LogP contribution < -0.4 is 0 Å². The van der Waals surface area contributed by atoms with E-state index in [0.29, 0.717) is 12.8 Å². The molecule has 0 fully saturated rings. The maximum atomic E-state index is 11.9. The second-order valence-electron chi connectivity index (χ2n) is 8.22. The zero-order chi connectivity index (χ0) is 22.3. The highest BCUT2D eigenvalue weighted by molar-refractivity contribution is 7.09. The summed E-state index contributed by atoms with van der Waals surface area (Å²) in [7, 11) is 2.14. The maximum Gasteiger partial charge on any atom is 0.306 e. The van der Waals surface area contributed by atoms with Crippen LogP contribution >= 0.6 is 9.47 Å². The number of hydrogen-bond acceptors (Lipinski definition) is 5. The second kappa shape index (κ2) is 23.0. The van der Waals surface area contributed by atoms with Crippen LogP contribution in [0.2, 0.25) is 0 Å². The summed E-state index contributed by atoms with van der Waals surface area (Å²) in [4.78, 5) is 23.8. The minimum atomic E-state index is -0.539. The van der Waals surface area contributed by atoms with Crippen LogP contribution in [0.1, 0.15) is 123 Å². The fourth-order valence-electron chi connectivity index (χ4n) is 3.36. The van der Waals surface area contributed by atoms with Crippen molar-refractivity contribution in [2.75, 3.05) is 13.2 Å². The standard InChI is InChI=1S/C24H47O5P/c1-3-5-7-9-10-11-12-13-14-15-17-18-23(25)27-20-22(21-28-30)29-24(26)19-16-8-6-4-2/h22H,3-21,30H2,1-2H3/t22-/m1/s1. The van der Waals surface area contributed by atoms with E-state index in [1.165, 1.54) is 57.8 Å². The zero-order valence-corrected chi connectivity index (χ0v) is 20.8. The van der Waals surface area contributed by atoms with Gasteiger partial charge in [-0.15, -0.1) is 0 Å². The highest BCUT2D eigenvalue weighted by atomic mass is 31.0. The van der Waals surface area contributed by atoms with Gasteiger partial charge in [0.25, 0.3) is 0 Å². The number of esters is 2. The van der Waals surface area contributed by atoms with Crippen molar-refractivity contribution >= 4 is 21.4 Å². The molecular formula is C24H47O5P. The van der Waals surface area contributed by atoms with Crippen molar-refractivity contribution < 1.29 is 23.6 Å². The molecule has 0 rings (SSSR count). The van der Waals surface area contributed by atoms with Crippen LogP contribution in [-0.2, 0) is 23.6 Å². The van der Waals surface area contributed by atoms with Gasteiger partial charge in [-0.3, -0.25) is 9.59 Å². The Balaban J connectivity index is 3.69. The molecule has 30 heavy (non-hydrogen) atoms. The van der Waals surface area contributed by atoms with Gasteiger partial charge in [-0.25, -0.2) is 0 Å². The summed E-state index contributed by atoms with van der Waals surface area (Å²) < 4.78 is 15.7. The van der Waals surface area contributed by atoms with Crippen molar-refractivity contribution in [3.63, 3.8) is 0 Å². The molecule has 2 atom stereocenters. The number of hydrogen-bond donors (Lipinski definition) is 0. The van der Waals surface area contributed by atoms with E-state index in [2.05, 4.69) is 23.3 Å². The Labute approximate surface area is 187 Å². The molecule has 178 valence electrons. The van der Waals surface area contributed by atoms with Gasteiger partial charge in [0.15, 0.2) is 6.10 Å². The van der Waals surface area contributed by atoms with Crippen molar-refractivity contribution in [3.05, 3.63) is 0 Å². The summed E-state index contributed by atoms with van der Waals surface area (Å²) in [5.41, 5.74) is 0. The third-order valence-electron chi connectivity index (χ3n) is 5.23. The molecule has 0 N–H and O–H groups in total. The van der Waals surface area contributed by atoms with E-state index < -0.39 is 6.10 Å². The Morgan fingerprint density at radius 1 is 0.633 bits per heavy atom. The summed E-state index contributed by atoms with van der Waals surface area (Å²) in [6.07, 6.45) is 18.2. The maximum absolute atomic E-state index is 11.9. The number of carbonyl (C=O) groups is 2. The first-order chi connectivity index (χ1) is 14.6. The SMILES string of the molecule is CCCCCCCCCCCCCC(=O)OC[C@H](COP)OC(=O)CCCCCC. The summed E-state index contributed by atoms with van der Waals surface area (Å²) in [5, 5.41) is 0. The lowest BCUT2D eigenvalue weighted by Gasteiger charge is -2.17. The average molecular weight is 447 g/mol. The van der Waals surface area contributed by atoms with Gasteiger partial charge in [-0.2, -0.15) is 0 Å². The van der Waals surface area contributed by atoms with Gasteiger partial charge in [0.05, 0.1) is 6.61 Å². The summed E-state index contributed by atoms with van der Waals surface area (Å²) >= 11 is 0.